The summed E-state index contributed by atoms with van der Waals surface area (Å²) in [6.45, 7) is 1.92. The first kappa shape index (κ1) is 12.7. The van der Waals surface area contributed by atoms with E-state index in [1.54, 1.807) is 6.20 Å². The molecule has 1 aromatic heterocycles. The van der Waals surface area contributed by atoms with Crippen molar-refractivity contribution in [2.75, 3.05) is 0 Å². The average molecular weight is 268 g/mol. The Morgan fingerprint density at radius 1 is 1.30 bits per heavy atom. The van der Waals surface area contributed by atoms with Crippen molar-refractivity contribution in [1.29, 1.82) is 0 Å². The van der Waals surface area contributed by atoms with Crippen LogP contribution in [0.5, 0.6) is 5.75 Å². The van der Waals surface area contributed by atoms with E-state index in [1.165, 1.54) is 0 Å². The second-order valence-corrected chi connectivity index (χ2v) is 4.90. The zero-order valence-electron chi connectivity index (χ0n) is 11.2. The van der Waals surface area contributed by atoms with Crippen molar-refractivity contribution in [3.05, 3.63) is 59.9 Å². The van der Waals surface area contributed by atoms with Crippen molar-refractivity contribution in [2.45, 2.75) is 25.5 Å². The van der Waals surface area contributed by atoms with Crippen molar-refractivity contribution in [3.63, 3.8) is 0 Å². The number of nitrogens with one attached hydrogen (secondary N) is 1. The lowest BCUT2D eigenvalue weighted by molar-refractivity contribution is -0.127. The molecule has 4 heteroatoms. The van der Waals surface area contributed by atoms with Gasteiger partial charge < -0.3 is 10.1 Å². The first-order chi connectivity index (χ1) is 9.74. The minimum absolute atomic E-state index is 0.0978. The molecule has 0 bridgehead atoms. The number of benzene rings is 1. The topological polar surface area (TPSA) is 51.2 Å². The van der Waals surface area contributed by atoms with Crippen molar-refractivity contribution >= 4 is 5.91 Å². The predicted octanol–water partition coefficient (Wildman–Crippen LogP) is 2.26. The van der Waals surface area contributed by atoms with Gasteiger partial charge in [-0.3, -0.25) is 9.78 Å². The number of para-hydroxylation sites is 1. The van der Waals surface area contributed by atoms with E-state index in [-0.39, 0.29) is 11.9 Å². The highest BCUT2D eigenvalue weighted by molar-refractivity contribution is 5.82. The molecule has 0 aliphatic carbocycles. The third kappa shape index (κ3) is 2.50. The molecule has 0 saturated carbocycles. The SMILES string of the molecule is CC(NC(=O)C1Cc2ccccc2O1)c1ccccn1. The Bertz CT molecular complexity index is 588. The minimum atomic E-state index is -0.446. The van der Waals surface area contributed by atoms with Gasteiger partial charge in [0.25, 0.3) is 5.91 Å². The zero-order valence-corrected chi connectivity index (χ0v) is 11.2. The van der Waals surface area contributed by atoms with Crippen LogP contribution in [0.4, 0.5) is 0 Å². The first-order valence-corrected chi connectivity index (χ1v) is 6.70. The number of amides is 1. The molecule has 2 unspecified atom stereocenters. The molecule has 0 fully saturated rings. The maximum absolute atomic E-state index is 12.2. The molecule has 2 heterocycles. The molecule has 1 N–H and O–H groups in total. The highest BCUT2D eigenvalue weighted by Gasteiger charge is 2.29. The minimum Gasteiger partial charge on any atom is -0.480 e. The van der Waals surface area contributed by atoms with E-state index in [9.17, 15) is 4.79 Å². The second-order valence-electron chi connectivity index (χ2n) is 4.90. The van der Waals surface area contributed by atoms with Gasteiger partial charge in [0, 0.05) is 12.6 Å². The number of hydrogen-bond donors (Lipinski definition) is 1. The van der Waals surface area contributed by atoms with Crippen LogP contribution in [0.1, 0.15) is 24.2 Å². The van der Waals surface area contributed by atoms with Crippen LogP contribution in [-0.4, -0.2) is 17.0 Å². The fraction of sp³-hybridized carbons (Fsp3) is 0.250. The average Bonchev–Trinajstić information content (AvgIpc) is 2.92. The Kier molecular flexibility index (Phi) is 3.37. The molecule has 102 valence electrons. The van der Waals surface area contributed by atoms with E-state index in [1.807, 2.05) is 49.4 Å². The summed E-state index contributed by atoms with van der Waals surface area (Å²) in [6.07, 6.45) is 1.90. The van der Waals surface area contributed by atoms with Crippen LogP contribution < -0.4 is 10.1 Å². The number of carbonyl (C=O) groups excluding carboxylic acids is 1. The van der Waals surface area contributed by atoms with Crippen LogP contribution in [0.2, 0.25) is 0 Å². The number of nitrogens with zero attached hydrogens (tertiary/aromatic N) is 1. The Labute approximate surface area is 117 Å². The van der Waals surface area contributed by atoms with Crippen LogP contribution in [0.3, 0.4) is 0 Å². The number of ether oxygens (including phenoxy) is 1. The van der Waals surface area contributed by atoms with Gasteiger partial charge in [-0.1, -0.05) is 24.3 Å². The summed E-state index contributed by atoms with van der Waals surface area (Å²) in [5, 5.41) is 2.95. The molecule has 1 amide bonds. The monoisotopic (exact) mass is 268 g/mol. The summed E-state index contributed by atoms with van der Waals surface area (Å²) in [4.78, 5) is 16.5. The third-order valence-electron chi connectivity index (χ3n) is 3.43. The van der Waals surface area contributed by atoms with Crippen molar-refractivity contribution < 1.29 is 9.53 Å². The van der Waals surface area contributed by atoms with E-state index >= 15 is 0 Å². The van der Waals surface area contributed by atoms with Gasteiger partial charge in [-0.25, -0.2) is 0 Å². The van der Waals surface area contributed by atoms with Crippen molar-refractivity contribution in [2.24, 2.45) is 0 Å². The molecule has 0 radical (unpaired) electrons. The summed E-state index contributed by atoms with van der Waals surface area (Å²) < 4.78 is 5.67. The lowest BCUT2D eigenvalue weighted by Gasteiger charge is -2.16. The molecule has 2 atom stereocenters. The molecule has 0 spiro atoms. The fourth-order valence-corrected chi connectivity index (χ4v) is 2.34. The van der Waals surface area contributed by atoms with E-state index in [0.717, 1.165) is 17.0 Å². The molecule has 1 aliphatic rings. The van der Waals surface area contributed by atoms with Crippen LogP contribution in [-0.2, 0) is 11.2 Å². The molecule has 4 nitrogen and oxygen atoms in total. The summed E-state index contributed by atoms with van der Waals surface area (Å²) in [7, 11) is 0. The first-order valence-electron chi connectivity index (χ1n) is 6.70. The van der Waals surface area contributed by atoms with Gasteiger partial charge in [-0.05, 0) is 30.7 Å². The van der Waals surface area contributed by atoms with E-state index in [4.69, 9.17) is 4.74 Å². The number of fused-ring (bicyclic) bond motifs is 1. The molecule has 0 saturated heterocycles. The molecule has 3 rings (SSSR count). The summed E-state index contributed by atoms with van der Waals surface area (Å²) in [5.41, 5.74) is 1.93. The van der Waals surface area contributed by atoms with Crippen LogP contribution in [0, 0.1) is 0 Å². The molecular formula is C16H16N2O2. The fourth-order valence-electron chi connectivity index (χ4n) is 2.34. The highest BCUT2D eigenvalue weighted by atomic mass is 16.5. The second kappa shape index (κ2) is 5.33. The number of aromatic nitrogens is 1. The standard InChI is InChI=1S/C16H16N2O2/c1-11(13-7-4-5-9-17-13)18-16(19)15-10-12-6-2-3-8-14(12)20-15/h2-9,11,15H,10H2,1H3,(H,18,19). The third-order valence-corrected chi connectivity index (χ3v) is 3.43. The quantitative estimate of drug-likeness (QED) is 0.929. The Balaban J connectivity index is 1.64. The van der Waals surface area contributed by atoms with Gasteiger partial charge >= 0.3 is 0 Å². The van der Waals surface area contributed by atoms with Crippen molar-refractivity contribution in [1.82, 2.24) is 10.3 Å². The maximum atomic E-state index is 12.2. The lowest BCUT2D eigenvalue weighted by Crippen LogP contribution is -2.38. The normalized spacial score (nSPS) is 17.9. The van der Waals surface area contributed by atoms with Gasteiger partial charge in [-0.2, -0.15) is 0 Å². The van der Waals surface area contributed by atoms with Gasteiger partial charge in [-0.15, -0.1) is 0 Å². The smallest absolute Gasteiger partial charge is 0.261 e. The van der Waals surface area contributed by atoms with Crippen LogP contribution in [0.15, 0.2) is 48.7 Å². The van der Waals surface area contributed by atoms with Gasteiger partial charge in [0.05, 0.1) is 11.7 Å². The van der Waals surface area contributed by atoms with Gasteiger partial charge in [0.1, 0.15) is 5.75 Å². The number of rotatable bonds is 3. The lowest BCUT2D eigenvalue weighted by atomic mass is 10.1. The Hall–Kier alpha value is -2.36. The van der Waals surface area contributed by atoms with Crippen molar-refractivity contribution in [3.8, 4) is 5.75 Å². The molecule has 1 aromatic carbocycles. The highest BCUT2D eigenvalue weighted by Crippen LogP contribution is 2.28. The van der Waals surface area contributed by atoms with E-state index < -0.39 is 6.10 Å². The number of hydrogen-bond acceptors (Lipinski definition) is 3. The Morgan fingerprint density at radius 3 is 2.85 bits per heavy atom. The van der Waals surface area contributed by atoms with Gasteiger partial charge in [0.2, 0.25) is 0 Å². The summed E-state index contributed by atoms with van der Waals surface area (Å²) in [5.74, 6) is 0.706. The number of carbonyl (C=O) groups is 1. The summed E-state index contributed by atoms with van der Waals surface area (Å²) in [6, 6.07) is 13.3. The molecular weight excluding hydrogens is 252 g/mol. The summed E-state index contributed by atoms with van der Waals surface area (Å²) >= 11 is 0. The predicted molar refractivity (Wildman–Crippen MR) is 75.4 cm³/mol. The zero-order chi connectivity index (χ0) is 13.9. The molecule has 20 heavy (non-hydrogen) atoms. The molecule has 1 aliphatic heterocycles. The van der Waals surface area contributed by atoms with Crippen LogP contribution >= 0.6 is 0 Å². The van der Waals surface area contributed by atoms with Crippen LogP contribution in [0.25, 0.3) is 0 Å². The molecule has 2 aromatic rings. The Morgan fingerprint density at radius 2 is 2.10 bits per heavy atom. The van der Waals surface area contributed by atoms with E-state index in [2.05, 4.69) is 10.3 Å². The number of pyridine rings is 1. The maximum Gasteiger partial charge on any atom is 0.261 e. The largest absolute Gasteiger partial charge is 0.480 e. The van der Waals surface area contributed by atoms with E-state index in [0.29, 0.717) is 6.42 Å². The van der Waals surface area contributed by atoms with Gasteiger partial charge in [0.15, 0.2) is 6.10 Å².